The molecule has 0 amide bonds. The molecule has 0 radical (unpaired) electrons. The van der Waals surface area contributed by atoms with Crippen molar-refractivity contribution in [3.63, 3.8) is 0 Å². The zero-order valence-electron chi connectivity index (χ0n) is 26.9. The molecule has 0 spiro atoms. The average molecular weight is 628 g/mol. The van der Waals surface area contributed by atoms with E-state index in [4.69, 9.17) is 15.0 Å². The van der Waals surface area contributed by atoms with Crippen LogP contribution in [0, 0.1) is 0 Å². The maximum absolute atomic E-state index is 4.96. The topological polar surface area (TPSA) is 38.7 Å². The number of rotatable bonds is 8. The van der Waals surface area contributed by atoms with Gasteiger partial charge in [-0.2, -0.15) is 0 Å². The Morgan fingerprint density at radius 1 is 0.245 bits per heavy atom. The second-order valence-corrected chi connectivity index (χ2v) is 12.0. The van der Waals surface area contributed by atoms with Crippen molar-refractivity contribution >= 4 is 0 Å². The zero-order valence-corrected chi connectivity index (χ0v) is 26.9. The van der Waals surface area contributed by atoms with Gasteiger partial charge in [-0.1, -0.05) is 194 Å². The van der Waals surface area contributed by atoms with Gasteiger partial charge in [-0.25, -0.2) is 15.0 Å². The second-order valence-electron chi connectivity index (χ2n) is 12.0. The predicted molar refractivity (Wildman–Crippen MR) is 200 cm³/mol. The third-order valence-electron chi connectivity index (χ3n) is 9.09. The lowest BCUT2D eigenvalue weighted by Crippen LogP contribution is -2.30. The molecule has 8 rings (SSSR count). The predicted octanol–water partition coefficient (Wildman–Crippen LogP) is 10.9. The number of hydrogen-bond donors (Lipinski definition) is 0. The summed E-state index contributed by atoms with van der Waals surface area (Å²) in [6.07, 6.45) is 0. The lowest BCUT2D eigenvalue weighted by molar-refractivity contribution is 0.745. The summed E-state index contributed by atoms with van der Waals surface area (Å²) in [6, 6.07) is 70.1. The molecule has 0 fully saturated rings. The van der Waals surface area contributed by atoms with Crippen LogP contribution in [0.25, 0.3) is 45.3 Å². The van der Waals surface area contributed by atoms with Gasteiger partial charge in [0.1, 0.15) is 0 Å². The largest absolute Gasteiger partial charge is 0.208 e. The first-order chi connectivity index (χ1) is 24.3. The number of aromatic nitrogens is 3. The standard InChI is InChI=1S/C46H33N3/c1-6-17-35(18-7-1)43-47-44(36-19-8-2-9-20-36)49-45(48-43)38-22-16-21-37(33-38)34-29-31-42(32-30-34)46(39-23-10-3-11-24-39,40-25-12-4-13-26-40)41-27-14-5-15-28-41/h1-33H. The van der Waals surface area contributed by atoms with Gasteiger partial charge in [0.2, 0.25) is 0 Å². The molecule has 232 valence electrons. The fourth-order valence-corrected chi connectivity index (χ4v) is 6.75. The lowest BCUT2D eigenvalue weighted by atomic mass is 9.65. The van der Waals surface area contributed by atoms with E-state index < -0.39 is 5.41 Å². The molecule has 3 nitrogen and oxygen atoms in total. The van der Waals surface area contributed by atoms with Crippen LogP contribution in [-0.2, 0) is 5.41 Å². The molecule has 1 aromatic heterocycles. The molecule has 0 aliphatic heterocycles. The monoisotopic (exact) mass is 627 g/mol. The van der Waals surface area contributed by atoms with Crippen molar-refractivity contribution in [3.05, 3.63) is 222 Å². The fourth-order valence-electron chi connectivity index (χ4n) is 6.75. The van der Waals surface area contributed by atoms with Gasteiger partial charge in [0.15, 0.2) is 17.5 Å². The van der Waals surface area contributed by atoms with Crippen LogP contribution in [0.15, 0.2) is 200 Å². The molecule has 0 aliphatic rings. The van der Waals surface area contributed by atoms with Crippen LogP contribution >= 0.6 is 0 Å². The van der Waals surface area contributed by atoms with E-state index in [2.05, 4.69) is 140 Å². The van der Waals surface area contributed by atoms with Gasteiger partial charge in [-0.05, 0) is 39.4 Å². The minimum absolute atomic E-state index is 0.489. The molecule has 0 unspecified atom stereocenters. The van der Waals surface area contributed by atoms with E-state index in [-0.39, 0.29) is 0 Å². The van der Waals surface area contributed by atoms with E-state index in [1.54, 1.807) is 0 Å². The first kappa shape index (κ1) is 29.9. The van der Waals surface area contributed by atoms with E-state index in [1.807, 2.05) is 60.7 Å². The van der Waals surface area contributed by atoms with Crippen LogP contribution in [0.1, 0.15) is 22.3 Å². The van der Waals surface area contributed by atoms with Crippen molar-refractivity contribution < 1.29 is 0 Å². The molecule has 8 aromatic rings. The van der Waals surface area contributed by atoms with Gasteiger partial charge < -0.3 is 0 Å². The summed E-state index contributed by atoms with van der Waals surface area (Å²) in [5, 5.41) is 0. The lowest BCUT2D eigenvalue weighted by Gasteiger charge is -2.37. The molecule has 7 aromatic carbocycles. The highest BCUT2D eigenvalue weighted by Crippen LogP contribution is 2.45. The third-order valence-corrected chi connectivity index (χ3v) is 9.09. The van der Waals surface area contributed by atoms with Gasteiger partial charge in [0.25, 0.3) is 0 Å². The molecule has 0 N–H and O–H groups in total. The second kappa shape index (κ2) is 13.3. The molecule has 49 heavy (non-hydrogen) atoms. The summed E-state index contributed by atoms with van der Waals surface area (Å²) in [7, 11) is 0. The van der Waals surface area contributed by atoms with Crippen molar-refractivity contribution in [3.8, 4) is 45.3 Å². The fraction of sp³-hybridized carbons (Fsp3) is 0.0217. The van der Waals surface area contributed by atoms with Crippen LogP contribution in [0.2, 0.25) is 0 Å². The normalized spacial score (nSPS) is 11.3. The van der Waals surface area contributed by atoms with Gasteiger partial charge in [0.05, 0.1) is 5.41 Å². The Hall–Kier alpha value is -6.45. The van der Waals surface area contributed by atoms with Crippen LogP contribution < -0.4 is 0 Å². The molecule has 0 saturated carbocycles. The molecule has 1 heterocycles. The molecule has 3 heteroatoms. The highest BCUT2D eigenvalue weighted by molar-refractivity contribution is 5.73. The van der Waals surface area contributed by atoms with Crippen molar-refractivity contribution in [1.29, 1.82) is 0 Å². The number of benzene rings is 7. The molecular weight excluding hydrogens is 595 g/mol. The van der Waals surface area contributed by atoms with Crippen LogP contribution in [-0.4, -0.2) is 15.0 Å². The number of nitrogens with zero attached hydrogens (tertiary/aromatic N) is 3. The quantitative estimate of drug-likeness (QED) is 0.157. The maximum Gasteiger partial charge on any atom is 0.164 e. The summed E-state index contributed by atoms with van der Waals surface area (Å²) >= 11 is 0. The molecule has 0 bridgehead atoms. The van der Waals surface area contributed by atoms with Crippen molar-refractivity contribution in [2.75, 3.05) is 0 Å². The van der Waals surface area contributed by atoms with Crippen molar-refractivity contribution in [2.24, 2.45) is 0 Å². The van der Waals surface area contributed by atoms with Gasteiger partial charge in [0, 0.05) is 16.7 Å². The first-order valence-electron chi connectivity index (χ1n) is 16.5. The zero-order chi connectivity index (χ0) is 32.9. The smallest absolute Gasteiger partial charge is 0.164 e. The Kier molecular flexibility index (Phi) is 8.15. The summed E-state index contributed by atoms with van der Waals surface area (Å²) < 4.78 is 0. The van der Waals surface area contributed by atoms with Crippen LogP contribution in [0.3, 0.4) is 0 Å². The highest BCUT2D eigenvalue weighted by atomic mass is 15.0. The Labute approximate surface area is 287 Å². The third kappa shape index (κ3) is 5.83. The number of hydrogen-bond acceptors (Lipinski definition) is 3. The average Bonchev–Trinajstić information content (AvgIpc) is 3.20. The SMILES string of the molecule is c1ccc(-c2nc(-c3ccccc3)nc(-c3cccc(-c4ccc(C(c5ccccc5)(c5ccccc5)c5ccccc5)cc4)c3)n2)cc1. The van der Waals surface area contributed by atoms with Gasteiger partial charge in [-0.15, -0.1) is 0 Å². The Morgan fingerprint density at radius 2 is 0.571 bits per heavy atom. The molecule has 0 aliphatic carbocycles. The highest BCUT2D eigenvalue weighted by Gasteiger charge is 2.38. The molecular formula is C46H33N3. The van der Waals surface area contributed by atoms with Gasteiger partial charge in [-0.3, -0.25) is 0 Å². The van der Waals surface area contributed by atoms with Crippen molar-refractivity contribution in [1.82, 2.24) is 15.0 Å². The summed E-state index contributed by atoms with van der Waals surface area (Å²) in [4.78, 5) is 14.8. The maximum atomic E-state index is 4.96. The molecule has 0 atom stereocenters. The van der Waals surface area contributed by atoms with Crippen LogP contribution in [0.5, 0.6) is 0 Å². The van der Waals surface area contributed by atoms with E-state index in [9.17, 15) is 0 Å². The van der Waals surface area contributed by atoms with E-state index in [0.717, 1.165) is 27.8 Å². The van der Waals surface area contributed by atoms with Crippen molar-refractivity contribution in [2.45, 2.75) is 5.41 Å². The summed E-state index contributed by atoms with van der Waals surface area (Å²) in [5.41, 5.74) is 9.44. The van der Waals surface area contributed by atoms with E-state index in [0.29, 0.717) is 17.5 Å². The molecule has 0 saturated heterocycles. The van der Waals surface area contributed by atoms with E-state index in [1.165, 1.54) is 22.3 Å². The van der Waals surface area contributed by atoms with Crippen LogP contribution in [0.4, 0.5) is 0 Å². The van der Waals surface area contributed by atoms with Gasteiger partial charge >= 0.3 is 0 Å². The first-order valence-corrected chi connectivity index (χ1v) is 16.5. The Morgan fingerprint density at radius 3 is 1.00 bits per heavy atom. The minimum Gasteiger partial charge on any atom is -0.208 e. The summed E-state index contributed by atoms with van der Waals surface area (Å²) in [6.45, 7) is 0. The summed E-state index contributed by atoms with van der Waals surface area (Å²) in [5.74, 6) is 1.94. The van der Waals surface area contributed by atoms with E-state index >= 15 is 0 Å². The Bertz CT molecular complexity index is 2130. The Balaban J connectivity index is 1.23. The minimum atomic E-state index is -0.489.